The van der Waals surface area contributed by atoms with Crippen molar-refractivity contribution < 1.29 is 0 Å². The summed E-state index contributed by atoms with van der Waals surface area (Å²) >= 11 is 1.50. The van der Waals surface area contributed by atoms with E-state index in [1.807, 2.05) is 6.92 Å². The highest BCUT2D eigenvalue weighted by atomic mass is 32.1. The summed E-state index contributed by atoms with van der Waals surface area (Å²) in [7, 11) is 0. The monoisotopic (exact) mass is 226 g/mol. The lowest BCUT2D eigenvalue weighted by Crippen LogP contribution is -2.37. The number of hydrogen-bond donors (Lipinski definition) is 1. The fraction of sp³-hybridized carbons (Fsp3) is 0.800. The second-order valence-electron chi connectivity index (χ2n) is 3.96. The third kappa shape index (κ3) is 2.66. The molecule has 2 rings (SSSR count). The van der Waals surface area contributed by atoms with E-state index in [1.54, 1.807) is 0 Å². The Labute approximate surface area is 94.9 Å². The summed E-state index contributed by atoms with van der Waals surface area (Å²) in [6.45, 7) is 7.35. The number of hydrogen-bond acceptors (Lipinski definition) is 5. The molecular weight excluding hydrogens is 208 g/mol. The van der Waals surface area contributed by atoms with Gasteiger partial charge in [-0.1, -0.05) is 0 Å². The van der Waals surface area contributed by atoms with Gasteiger partial charge in [-0.3, -0.25) is 0 Å². The van der Waals surface area contributed by atoms with Gasteiger partial charge < -0.3 is 10.2 Å². The average Bonchev–Trinajstić information content (AvgIpc) is 2.85. The molecular formula is C10H18N4S. The van der Waals surface area contributed by atoms with Gasteiger partial charge in [0.15, 0.2) is 0 Å². The van der Waals surface area contributed by atoms with Gasteiger partial charge >= 0.3 is 0 Å². The molecule has 1 saturated heterocycles. The summed E-state index contributed by atoms with van der Waals surface area (Å²) in [5, 5.41) is 4.57. The number of likely N-dealkylation sites (N-methyl/N-ethyl adjacent to an activating group) is 1. The Balaban J connectivity index is 1.97. The molecule has 15 heavy (non-hydrogen) atoms. The standard InChI is InChI=1S/C10H18N4S/c1-3-14(7-9-5-4-6-11-9)10-12-8(2)13-15-10/h9,11H,3-7H2,1-2H3. The van der Waals surface area contributed by atoms with Crippen LogP contribution in [0.3, 0.4) is 0 Å². The van der Waals surface area contributed by atoms with Gasteiger partial charge in [-0.05, 0) is 33.2 Å². The van der Waals surface area contributed by atoms with Crippen molar-refractivity contribution in [2.45, 2.75) is 32.7 Å². The van der Waals surface area contributed by atoms with Crippen molar-refractivity contribution in [1.82, 2.24) is 14.7 Å². The van der Waals surface area contributed by atoms with E-state index in [0.717, 1.165) is 30.6 Å². The molecule has 1 unspecified atom stereocenters. The Bertz CT molecular complexity index is 306. The predicted octanol–water partition coefficient (Wildman–Crippen LogP) is 1.42. The molecule has 0 bridgehead atoms. The number of nitrogens with zero attached hydrogens (tertiary/aromatic N) is 3. The van der Waals surface area contributed by atoms with E-state index in [9.17, 15) is 0 Å². The van der Waals surface area contributed by atoms with Crippen LogP contribution in [-0.2, 0) is 0 Å². The van der Waals surface area contributed by atoms with E-state index < -0.39 is 0 Å². The van der Waals surface area contributed by atoms with Crippen LogP contribution in [0.4, 0.5) is 5.13 Å². The van der Waals surface area contributed by atoms with Crippen LogP contribution < -0.4 is 10.2 Å². The molecule has 5 heteroatoms. The van der Waals surface area contributed by atoms with E-state index >= 15 is 0 Å². The number of nitrogens with one attached hydrogen (secondary N) is 1. The van der Waals surface area contributed by atoms with E-state index in [0.29, 0.717) is 6.04 Å². The van der Waals surface area contributed by atoms with Crippen molar-refractivity contribution in [3.05, 3.63) is 5.82 Å². The Kier molecular flexibility index (Phi) is 3.53. The average molecular weight is 226 g/mol. The fourth-order valence-electron chi connectivity index (χ4n) is 1.94. The molecule has 1 aliphatic heterocycles. The van der Waals surface area contributed by atoms with Gasteiger partial charge in [-0.25, -0.2) is 4.98 Å². The van der Waals surface area contributed by atoms with Crippen LogP contribution in [0.15, 0.2) is 0 Å². The van der Waals surface area contributed by atoms with Crippen LogP contribution in [0.5, 0.6) is 0 Å². The van der Waals surface area contributed by atoms with Gasteiger partial charge in [0.05, 0.1) is 0 Å². The molecule has 1 fully saturated rings. The van der Waals surface area contributed by atoms with E-state index in [-0.39, 0.29) is 0 Å². The molecule has 0 aliphatic carbocycles. The smallest absolute Gasteiger partial charge is 0.205 e. The third-order valence-corrected chi connectivity index (χ3v) is 3.64. The SMILES string of the molecule is CCN(CC1CCCN1)c1nc(C)ns1. The molecule has 0 amide bonds. The van der Waals surface area contributed by atoms with E-state index in [4.69, 9.17) is 0 Å². The maximum atomic E-state index is 4.43. The quantitative estimate of drug-likeness (QED) is 0.843. The zero-order chi connectivity index (χ0) is 10.7. The van der Waals surface area contributed by atoms with Crippen molar-refractivity contribution in [2.24, 2.45) is 0 Å². The van der Waals surface area contributed by atoms with E-state index in [1.165, 1.54) is 24.4 Å². The molecule has 4 nitrogen and oxygen atoms in total. The molecule has 0 spiro atoms. The van der Waals surface area contributed by atoms with E-state index in [2.05, 4.69) is 26.5 Å². The summed E-state index contributed by atoms with van der Waals surface area (Å²) < 4.78 is 4.23. The molecule has 0 radical (unpaired) electrons. The maximum Gasteiger partial charge on any atom is 0.205 e. The van der Waals surface area contributed by atoms with Gasteiger partial charge in [0.1, 0.15) is 5.82 Å². The highest BCUT2D eigenvalue weighted by Crippen LogP contribution is 2.18. The topological polar surface area (TPSA) is 41.0 Å². The van der Waals surface area contributed by atoms with Gasteiger partial charge in [0, 0.05) is 30.7 Å². The number of aromatic nitrogens is 2. The molecule has 1 aromatic heterocycles. The second-order valence-corrected chi connectivity index (χ2v) is 4.69. The van der Waals surface area contributed by atoms with Crippen LogP contribution in [0.1, 0.15) is 25.6 Å². The number of rotatable bonds is 4. The minimum absolute atomic E-state index is 0.633. The minimum atomic E-state index is 0.633. The zero-order valence-corrected chi connectivity index (χ0v) is 10.2. The maximum absolute atomic E-state index is 4.43. The molecule has 0 saturated carbocycles. The number of aryl methyl sites for hydroxylation is 1. The molecule has 1 N–H and O–H groups in total. The van der Waals surface area contributed by atoms with Crippen LogP contribution >= 0.6 is 11.5 Å². The first kappa shape index (κ1) is 10.8. The molecule has 84 valence electrons. The molecule has 1 aliphatic rings. The fourth-order valence-corrected chi connectivity index (χ4v) is 2.68. The molecule has 1 atom stereocenters. The lowest BCUT2D eigenvalue weighted by molar-refractivity contribution is 0.586. The third-order valence-electron chi connectivity index (χ3n) is 2.77. The summed E-state index contributed by atoms with van der Waals surface area (Å²) in [4.78, 5) is 6.74. The van der Waals surface area contributed by atoms with Gasteiger partial charge in [0.2, 0.25) is 5.13 Å². The normalized spacial score (nSPS) is 20.8. The Hall–Kier alpha value is -0.680. The van der Waals surface area contributed by atoms with Crippen LogP contribution in [0, 0.1) is 6.92 Å². The first-order valence-corrected chi connectivity index (χ1v) is 6.35. The lowest BCUT2D eigenvalue weighted by atomic mass is 10.2. The van der Waals surface area contributed by atoms with Crippen molar-refractivity contribution in [1.29, 1.82) is 0 Å². The Morgan fingerprint density at radius 3 is 3.00 bits per heavy atom. The predicted molar refractivity (Wildman–Crippen MR) is 63.6 cm³/mol. The molecule has 1 aromatic rings. The largest absolute Gasteiger partial charge is 0.346 e. The van der Waals surface area contributed by atoms with Crippen LogP contribution in [-0.4, -0.2) is 35.0 Å². The Morgan fingerprint density at radius 2 is 2.47 bits per heavy atom. The van der Waals surface area contributed by atoms with Gasteiger partial charge in [-0.15, -0.1) is 0 Å². The highest BCUT2D eigenvalue weighted by Gasteiger charge is 2.18. The van der Waals surface area contributed by atoms with Gasteiger partial charge in [-0.2, -0.15) is 4.37 Å². The zero-order valence-electron chi connectivity index (χ0n) is 9.36. The summed E-state index contributed by atoms with van der Waals surface area (Å²) in [6, 6.07) is 0.633. The summed E-state index contributed by atoms with van der Waals surface area (Å²) in [5.74, 6) is 0.882. The van der Waals surface area contributed by atoms with Gasteiger partial charge in [0.25, 0.3) is 0 Å². The van der Waals surface area contributed by atoms with Crippen molar-refractivity contribution in [3.63, 3.8) is 0 Å². The summed E-state index contributed by atoms with van der Waals surface area (Å²) in [6.07, 6.45) is 2.59. The van der Waals surface area contributed by atoms with Crippen molar-refractivity contribution in [3.8, 4) is 0 Å². The van der Waals surface area contributed by atoms with Crippen LogP contribution in [0.2, 0.25) is 0 Å². The minimum Gasteiger partial charge on any atom is -0.346 e. The second kappa shape index (κ2) is 4.90. The first-order chi connectivity index (χ1) is 7.29. The first-order valence-electron chi connectivity index (χ1n) is 5.58. The highest BCUT2D eigenvalue weighted by molar-refractivity contribution is 7.09. The molecule has 0 aromatic carbocycles. The molecule has 2 heterocycles. The van der Waals surface area contributed by atoms with Crippen molar-refractivity contribution in [2.75, 3.05) is 24.5 Å². The Morgan fingerprint density at radius 1 is 1.60 bits per heavy atom. The lowest BCUT2D eigenvalue weighted by Gasteiger charge is -2.23. The van der Waals surface area contributed by atoms with Crippen LogP contribution in [0.25, 0.3) is 0 Å². The van der Waals surface area contributed by atoms with Crippen molar-refractivity contribution >= 4 is 16.7 Å². The number of anilines is 1. The summed E-state index contributed by atoms with van der Waals surface area (Å²) in [5.41, 5.74) is 0.